The van der Waals surface area contributed by atoms with Gasteiger partial charge in [0.05, 0.1) is 11.3 Å². The van der Waals surface area contributed by atoms with Crippen LogP contribution < -0.4 is 5.56 Å². The number of nitrogens with one attached hydrogen (secondary N) is 1. The van der Waals surface area contributed by atoms with E-state index in [-0.39, 0.29) is 5.56 Å². The fourth-order valence-electron chi connectivity index (χ4n) is 3.01. The molecule has 1 aromatic carbocycles. The molecule has 27 heavy (non-hydrogen) atoms. The number of benzene rings is 1. The maximum Gasteiger partial charge on any atom is 0.272 e. The molecule has 1 N–H and O–H groups in total. The lowest BCUT2D eigenvalue weighted by Crippen LogP contribution is -2.21. The van der Waals surface area contributed by atoms with Crippen LogP contribution in [0.15, 0.2) is 58.8 Å². The van der Waals surface area contributed by atoms with Crippen molar-refractivity contribution < 1.29 is 9.47 Å². The average molecular weight is 381 g/mol. The van der Waals surface area contributed by atoms with Gasteiger partial charge in [0.1, 0.15) is 0 Å². The monoisotopic (exact) mass is 381 g/mol. The van der Waals surface area contributed by atoms with E-state index in [4.69, 9.17) is 9.47 Å². The lowest BCUT2D eigenvalue weighted by Gasteiger charge is -2.12. The van der Waals surface area contributed by atoms with E-state index < -0.39 is 6.29 Å². The number of methoxy groups -OCH3 is 2. The molecule has 4 aromatic rings. The van der Waals surface area contributed by atoms with Crippen molar-refractivity contribution in [2.45, 2.75) is 12.7 Å². The van der Waals surface area contributed by atoms with Gasteiger partial charge in [-0.2, -0.15) is 0 Å². The molecule has 0 bridgehead atoms. The molecule has 6 nitrogen and oxygen atoms in total. The van der Waals surface area contributed by atoms with Crippen molar-refractivity contribution >= 4 is 17.0 Å². The van der Waals surface area contributed by atoms with Crippen molar-refractivity contribution in [2.75, 3.05) is 14.2 Å². The summed E-state index contributed by atoms with van der Waals surface area (Å²) in [6, 6.07) is 13.8. The van der Waals surface area contributed by atoms with Gasteiger partial charge in [-0.25, -0.2) is 9.50 Å². The van der Waals surface area contributed by atoms with Crippen LogP contribution in [-0.2, 0) is 15.9 Å². The summed E-state index contributed by atoms with van der Waals surface area (Å²) in [4.78, 5) is 18.2. The second-order valence-corrected chi connectivity index (χ2v) is 7.01. The zero-order valence-corrected chi connectivity index (χ0v) is 15.8. The summed E-state index contributed by atoms with van der Waals surface area (Å²) in [5.41, 5.74) is 4.28. The van der Waals surface area contributed by atoms with Crippen LogP contribution in [0, 0.1) is 0 Å². The Kier molecular flexibility index (Phi) is 4.89. The van der Waals surface area contributed by atoms with Crippen LogP contribution in [0.1, 0.15) is 5.69 Å². The van der Waals surface area contributed by atoms with Gasteiger partial charge < -0.3 is 9.47 Å². The highest BCUT2D eigenvalue weighted by Crippen LogP contribution is 2.34. The number of aromatic amines is 1. The highest BCUT2D eigenvalue weighted by atomic mass is 32.1. The van der Waals surface area contributed by atoms with Gasteiger partial charge in [0.2, 0.25) is 0 Å². The summed E-state index contributed by atoms with van der Waals surface area (Å²) in [5.74, 6) is 0. The second kappa shape index (κ2) is 7.48. The van der Waals surface area contributed by atoms with Crippen LogP contribution in [0.3, 0.4) is 0 Å². The van der Waals surface area contributed by atoms with E-state index in [1.54, 1.807) is 25.6 Å². The number of thiophene rings is 1. The van der Waals surface area contributed by atoms with E-state index in [0.717, 1.165) is 21.6 Å². The van der Waals surface area contributed by atoms with Gasteiger partial charge in [0, 0.05) is 37.8 Å². The van der Waals surface area contributed by atoms with Crippen molar-refractivity contribution in [1.29, 1.82) is 0 Å². The lowest BCUT2D eigenvalue weighted by atomic mass is 10.1. The van der Waals surface area contributed by atoms with Crippen molar-refractivity contribution in [2.24, 2.45) is 0 Å². The molecule has 3 heterocycles. The third kappa shape index (κ3) is 3.44. The first kappa shape index (κ1) is 17.7. The number of aromatic nitrogens is 3. The summed E-state index contributed by atoms with van der Waals surface area (Å²) < 4.78 is 11.9. The first-order valence-corrected chi connectivity index (χ1v) is 9.37. The van der Waals surface area contributed by atoms with Crippen molar-refractivity contribution in [1.82, 2.24) is 14.6 Å². The summed E-state index contributed by atoms with van der Waals surface area (Å²) in [6.07, 6.45) is 1.79. The molecule has 0 amide bonds. The van der Waals surface area contributed by atoms with Crippen LogP contribution in [0.25, 0.3) is 27.2 Å². The molecule has 0 aliphatic heterocycles. The highest BCUT2D eigenvalue weighted by Gasteiger charge is 2.15. The van der Waals surface area contributed by atoms with E-state index >= 15 is 0 Å². The second-order valence-electron chi connectivity index (χ2n) is 6.10. The van der Waals surface area contributed by atoms with Gasteiger partial charge in [-0.3, -0.25) is 9.89 Å². The molecule has 0 atom stereocenters. The van der Waals surface area contributed by atoms with Gasteiger partial charge in [-0.05, 0) is 22.6 Å². The fraction of sp³-hybridized carbons (Fsp3) is 0.200. The summed E-state index contributed by atoms with van der Waals surface area (Å²) >= 11 is 1.63. The Hall–Kier alpha value is -2.74. The minimum absolute atomic E-state index is 0.160. The molecule has 4 rings (SSSR count). The maximum atomic E-state index is 12.4. The normalized spacial score (nSPS) is 11.5. The Balaban J connectivity index is 1.75. The Labute approximate surface area is 160 Å². The average Bonchev–Trinajstić information content (AvgIpc) is 3.34. The Morgan fingerprint density at radius 1 is 1.15 bits per heavy atom. The topological polar surface area (TPSA) is 68.6 Å². The SMILES string of the molecule is COC(Cc1cc(=O)n2[nH]cc(-c3cc(-c4ccccc4)cs3)c2n1)OC. The number of nitrogens with zero attached hydrogens (tertiary/aromatic N) is 2. The van der Waals surface area contributed by atoms with E-state index in [1.807, 2.05) is 24.4 Å². The zero-order valence-electron chi connectivity index (χ0n) is 15.0. The molecule has 138 valence electrons. The van der Waals surface area contributed by atoms with Crippen LogP contribution in [0.5, 0.6) is 0 Å². The molecule has 0 fully saturated rings. The van der Waals surface area contributed by atoms with Crippen molar-refractivity contribution in [3.8, 4) is 21.6 Å². The van der Waals surface area contributed by atoms with E-state index in [0.29, 0.717) is 17.8 Å². The van der Waals surface area contributed by atoms with Crippen LogP contribution in [0.2, 0.25) is 0 Å². The molecular weight excluding hydrogens is 362 g/mol. The van der Waals surface area contributed by atoms with Gasteiger partial charge >= 0.3 is 0 Å². The van der Waals surface area contributed by atoms with Crippen LogP contribution in [0.4, 0.5) is 0 Å². The first-order valence-electron chi connectivity index (χ1n) is 8.49. The van der Waals surface area contributed by atoms with Gasteiger partial charge in [-0.15, -0.1) is 11.3 Å². The summed E-state index contributed by atoms with van der Waals surface area (Å²) in [7, 11) is 3.13. The minimum Gasteiger partial charge on any atom is -0.356 e. The Morgan fingerprint density at radius 3 is 2.67 bits per heavy atom. The van der Waals surface area contributed by atoms with E-state index in [1.165, 1.54) is 10.6 Å². The fourth-order valence-corrected chi connectivity index (χ4v) is 3.94. The largest absolute Gasteiger partial charge is 0.356 e. The molecule has 0 saturated carbocycles. The zero-order chi connectivity index (χ0) is 18.8. The Morgan fingerprint density at radius 2 is 1.93 bits per heavy atom. The highest BCUT2D eigenvalue weighted by molar-refractivity contribution is 7.14. The molecule has 0 aliphatic carbocycles. The molecule has 0 unspecified atom stereocenters. The van der Waals surface area contributed by atoms with E-state index in [2.05, 4.69) is 33.7 Å². The molecule has 3 aromatic heterocycles. The number of ether oxygens (including phenoxy) is 2. The Bertz CT molecular complexity index is 1110. The first-order chi connectivity index (χ1) is 13.2. The number of hydrogen-bond acceptors (Lipinski definition) is 5. The van der Waals surface area contributed by atoms with Gasteiger partial charge in [0.15, 0.2) is 11.9 Å². The smallest absolute Gasteiger partial charge is 0.272 e. The minimum atomic E-state index is -0.437. The van der Waals surface area contributed by atoms with Gasteiger partial charge in [-0.1, -0.05) is 30.3 Å². The predicted molar refractivity (Wildman–Crippen MR) is 106 cm³/mol. The van der Waals surface area contributed by atoms with E-state index in [9.17, 15) is 4.79 Å². The van der Waals surface area contributed by atoms with Crippen molar-refractivity contribution in [3.63, 3.8) is 0 Å². The molecular formula is C20H19N3O3S. The number of fused-ring (bicyclic) bond motifs is 1. The van der Waals surface area contributed by atoms with Crippen LogP contribution in [-0.4, -0.2) is 35.1 Å². The number of H-pyrrole nitrogens is 1. The number of hydrogen-bond donors (Lipinski definition) is 1. The lowest BCUT2D eigenvalue weighted by molar-refractivity contribution is -0.101. The van der Waals surface area contributed by atoms with Gasteiger partial charge in [0.25, 0.3) is 5.56 Å². The maximum absolute atomic E-state index is 12.4. The molecule has 0 radical (unpaired) electrons. The predicted octanol–water partition coefficient (Wildman–Crippen LogP) is 3.58. The number of rotatable bonds is 6. The third-order valence-corrected chi connectivity index (χ3v) is 5.39. The quantitative estimate of drug-likeness (QED) is 0.519. The third-order valence-electron chi connectivity index (χ3n) is 4.42. The molecule has 0 spiro atoms. The standard InChI is InChI=1S/C20H19N3O3S/c1-25-19(26-2)10-15-9-18(24)23-20(22-15)16(11-21-23)17-8-14(12-27-17)13-6-4-3-5-7-13/h3-9,11-12,19,21H,10H2,1-2H3. The molecule has 0 aliphatic rings. The molecule has 0 saturated heterocycles. The summed E-state index contributed by atoms with van der Waals surface area (Å²) in [5, 5.41) is 5.11. The molecule has 7 heteroatoms. The van der Waals surface area contributed by atoms with Crippen molar-refractivity contribution in [3.05, 3.63) is 70.1 Å². The summed E-state index contributed by atoms with van der Waals surface area (Å²) in [6.45, 7) is 0. The van der Waals surface area contributed by atoms with Crippen LogP contribution >= 0.6 is 11.3 Å².